The molecule has 1 aromatic rings. The van der Waals surface area contributed by atoms with Crippen LogP contribution in [0.4, 0.5) is 0 Å². The summed E-state index contributed by atoms with van der Waals surface area (Å²) in [4.78, 5) is 2.59. The Labute approximate surface area is 124 Å². The van der Waals surface area contributed by atoms with E-state index < -0.39 is 0 Å². The van der Waals surface area contributed by atoms with Crippen LogP contribution < -0.4 is 5.73 Å². The second-order valence-electron chi connectivity index (χ2n) is 7.00. The zero-order valence-corrected chi connectivity index (χ0v) is 13.3. The molecule has 2 nitrogen and oxygen atoms in total. The summed E-state index contributed by atoms with van der Waals surface area (Å²) in [6.45, 7) is 10.3. The molecule has 2 N–H and O–H groups in total. The second kappa shape index (κ2) is 6.73. The first-order valence-electron chi connectivity index (χ1n) is 8.06. The molecule has 112 valence electrons. The van der Waals surface area contributed by atoms with Gasteiger partial charge in [-0.15, -0.1) is 0 Å². The molecule has 1 aromatic carbocycles. The van der Waals surface area contributed by atoms with Crippen LogP contribution in [0, 0.1) is 11.3 Å². The maximum atomic E-state index is 6.53. The lowest BCUT2D eigenvalue weighted by Gasteiger charge is -2.39. The first-order chi connectivity index (χ1) is 9.53. The molecule has 2 rings (SSSR count). The van der Waals surface area contributed by atoms with Crippen molar-refractivity contribution in [1.29, 1.82) is 0 Å². The average molecular weight is 274 g/mol. The molecule has 1 aliphatic rings. The number of hydrogen-bond donors (Lipinski definition) is 1. The molecule has 1 atom stereocenters. The van der Waals surface area contributed by atoms with Gasteiger partial charge in [0.2, 0.25) is 0 Å². The van der Waals surface area contributed by atoms with Crippen molar-refractivity contribution < 1.29 is 0 Å². The number of nitrogens with zero attached hydrogens (tertiary/aromatic N) is 1. The van der Waals surface area contributed by atoms with Gasteiger partial charge in [0.15, 0.2) is 0 Å². The topological polar surface area (TPSA) is 29.3 Å². The lowest BCUT2D eigenvalue weighted by molar-refractivity contribution is 0.118. The van der Waals surface area contributed by atoms with E-state index in [0.29, 0.717) is 0 Å². The Morgan fingerprint density at radius 2 is 1.90 bits per heavy atom. The summed E-state index contributed by atoms with van der Waals surface area (Å²) < 4.78 is 0. The van der Waals surface area contributed by atoms with Gasteiger partial charge in [0.1, 0.15) is 0 Å². The molecule has 0 aliphatic heterocycles. The summed E-state index contributed by atoms with van der Waals surface area (Å²) >= 11 is 0. The van der Waals surface area contributed by atoms with E-state index in [1.54, 1.807) is 0 Å². The van der Waals surface area contributed by atoms with Crippen LogP contribution in [0.15, 0.2) is 30.3 Å². The van der Waals surface area contributed by atoms with E-state index in [1.165, 1.54) is 31.4 Å². The minimum Gasteiger partial charge on any atom is -0.323 e. The molecule has 0 heterocycles. The molecule has 0 bridgehead atoms. The fourth-order valence-corrected chi connectivity index (χ4v) is 3.13. The van der Waals surface area contributed by atoms with Gasteiger partial charge in [-0.05, 0) is 36.3 Å². The average Bonchev–Trinajstić information content (AvgIpc) is 2.41. The van der Waals surface area contributed by atoms with Crippen LogP contribution in [-0.4, -0.2) is 24.5 Å². The van der Waals surface area contributed by atoms with Crippen LogP contribution in [0.25, 0.3) is 0 Å². The first kappa shape index (κ1) is 15.5. The minimum atomic E-state index is 0.0964. The molecule has 1 fully saturated rings. The predicted molar refractivity (Wildman–Crippen MR) is 86.6 cm³/mol. The quantitative estimate of drug-likeness (QED) is 0.818. The molecule has 0 radical (unpaired) electrons. The summed E-state index contributed by atoms with van der Waals surface area (Å²) in [5.41, 5.74) is 7.87. The van der Waals surface area contributed by atoms with Crippen LogP contribution in [0.5, 0.6) is 0 Å². The number of nitrogens with two attached hydrogens (primary N) is 1. The van der Waals surface area contributed by atoms with E-state index in [-0.39, 0.29) is 11.5 Å². The highest BCUT2D eigenvalue weighted by atomic mass is 15.1. The van der Waals surface area contributed by atoms with E-state index in [9.17, 15) is 0 Å². The van der Waals surface area contributed by atoms with E-state index >= 15 is 0 Å². The molecule has 2 heteroatoms. The Morgan fingerprint density at radius 3 is 2.40 bits per heavy atom. The largest absolute Gasteiger partial charge is 0.323 e. The first-order valence-corrected chi connectivity index (χ1v) is 8.06. The highest BCUT2D eigenvalue weighted by Crippen LogP contribution is 2.33. The lowest BCUT2D eigenvalue weighted by atomic mass is 9.79. The highest BCUT2D eigenvalue weighted by molar-refractivity contribution is 5.20. The molecule has 1 unspecified atom stereocenters. The third kappa shape index (κ3) is 3.83. The fraction of sp³-hybridized carbons (Fsp3) is 0.667. The van der Waals surface area contributed by atoms with Crippen molar-refractivity contribution in [3.8, 4) is 0 Å². The number of hydrogen-bond acceptors (Lipinski definition) is 2. The van der Waals surface area contributed by atoms with Gasteiger partial charge >= 0.3 is 0 Å². The second-order valence-corrected chi connectivity index (χ2v) is 7.00. The van der Waals surface area contributed by atoms with Gasteiger partial charge in [-0.2, -0.15) is 0 Å². The number of rotatable bonds is 7. The molecule has 0 aromatic heterocycles. The van der Waals surface area contributed by atoms with Gasteiger partial charge in [-0.1, -0.05) is 57.5 Å². The number of benzene rings is 1. The lowest BCUT2D eigenvalue weighted by Crippen LogP contribution is -2.43. The third-order valence-electron chi connectivity index (χ3n) is 4.82. The van der Waals surface area contributed by atoms with Gasteiger partial charge < -0.3 is 10.6 Å². The molecule has 0 spiro atoms. The minimum absolute atomic E-state index is 0.0964. The van der Waals surface area contributed by atoms with Crippen LogP contribution >= 0.6 is 0 Å². The third-order valence-corrected chi connectivity index (χ3v) is 4.82. The maximum absolute atomic E-state index is 6.53. The Balaban J connectivity index is 1.97. The van der Waals surface area contributed by atoms with Crippen molar-refractivity contribution >= 4 is 0 Å². The summed E-state index contributed by atoms with van der Waals surface area (Å²) in [7, 11) is 0. The van der Waals surface area contributed by atoms with Crippen LogP contribution in [0.3, 0.4) is 0 Å². The highest BCUT2D eigenvalue weighted by Gasteiger charge is 2.31. The Bertz CT molecular complexity index is 395. The predicted octanol–water partition coefficient (Wildman–Crippen LogP) is 3.83. The molecule has 20 heavy (non-hydrogen) atoms. The zero-order chi connectivity index (χ0) is 14.6. The summed E-state index contributed by atoms with van der Waals surface area (Å²) in [6, 6.07) is 10.6. The normalized spacial score (nSPS) is 18.1. The van der Waals surface area contributed by atoms with Gasteiger partial charge in [-0.25, -0.2) is 0 Å². The van der Waals surface area contributed by atoms with Crippen LogP contribution in [0.1, 0.15) is 51.6 Å². The Hall–Kier alpha value is -0.860. The molecule has 0 saturated heterocycles. The molecule has 1 saturated carbocycles. The van der Waals surface area contributed by atoms with Crippen molar-refractivity contribution in [2.24, 2.45) is 17.1 Å². The van der Waals surface area contributed by atoms with Gasteiger partial charge in [-0.3, -0.25) is 0 Å². The molecular formula is C18H30N2. The maximum Gasteiger partial charge on any atom is 0.0359 e. The van der Waals surface area contributed by atoms with Crippen LogP contribution in [0.2, 0.25) is 0 Å². The fourth-order valence-electron chi connectivity index (χ4n) is 3.13. The standard InChI is InChI=1S/C18H30N2/c1-4-20(13-15-9-8-10-15)14-18(2,3)17(19)16-11-6-5-7-12-16/h5-7,11-12,15,17H,4,8-10,13-14,19H2,1-3H3. The van der Waals surface area contributed by atoms with E-state index in [0.717, 1.165) is 19.0 Å². The van der Waals surface area contributed by atoms with E-state index in [2.05, 4.69) is 56.0 Å². The molecular weight excluding hydrogens is 244 g/mol. The van der Waals surface area contributed by atoms with Gasteiger partial charge in [0.05, 0.1) is 0 Å². The van der Waals surface area contributed by atoms with Crippen molar-refractivity contribution in [1.82, 2.24) is 4.90 Å². The van der Waals surface area contributed by atoms with Gasteiger partial charge in [0.25, 0.3) is 0 Å². The SMILES string of the molecule is CCN(CC1CCC1)CC(C)(C)C(N)c1ccccc1. The summed E-state index contributed by atoms with van der Waals surface area (Å²) in [6.07, 6.45) is 4.26. The Kier molecular flexibility index (Phi) is 5.22. The van der Waals surface area contributed by atoms with Crippen LogP contribution in [-0.2, 0) is 0 Å². The van der Waals surface area contributed by atoms with Gasteiger partial charge in [0, 0.05) is 19.1 Å². The van der Waals surface area contributed by atoms with Crippen molar-refractivity contribution in [2.75, 3.05) is 19.6 Å². The molecule has 1 aliphatic carbocycles. The summed E-state index contributed by atoms with van der Waals surface area (Å²) in [5.74, 6) is 0.929. The van der Waals surface area contributed by atoms with Crippen molar-refractivity contribution in [3.63, 3.8) is 0 Å². The summed E-state index contributed by atoms with van der Waals surface area (Å²) in [5, 5.41) is 0. The smallest absolute Gasteiger partial charge is 0.0359 e. The Morgan fingerprint density at radius 1 is 1.25 bits per heavy atom. The monoisotopic (exact) mass is 274 g/mol. The van der Waals surface area contributed by atoms with E-state index in [1.807, 2.05) is 0 Å². The van der Waals surface area contributed by atoms with E-state index in [4.69, 9.17) is 5.73 Å². The molecule has 0 amide bonds. The van der Waals surface area contributed by atoms with Crippen molar-refractivity contribution in [2.45, 2.75) is 46.1 Å². The van der Waals surface area contributed by atoms with Crippen molar-refractivity contribution in [3.05, 3.63) is 35.9 Å². The zero-order valence-electron chi connectivity index (χ0n) is 13.3.